The summed E-state index contributed by atoms with van der Waals surface area (Å²) in [6.45, 7) is 1.57. The zero-order valence-electron chi connectivity index (χ0n) is 17.2. The molecule has 7 heteroatoms. The number of carbonyl (C=O) groups excluding carboxylic acids is 1. The van der Waals surface area contributed by atoms with Crippen molar-refractivity contribution >= 4 is 32.7 Å². The molecule has 0 fully saturated rings. The largest absolute Gasteiger partial charge is 0.310 e. The Bertz CT molecular complexity index is 1250. The van der Waals surface area contributed by atoms with Gasteiger partial charge in [0.2, 0.25) is 0 Å². The summed E-state index contributed by atoms with van der Waals surface area (Å²) in [6.07, 6.45) is 4.34. The predicted molar refractivity (Wildman–Crippen MR) is 124 cm³/mol. The number of aromatic amines is 1. The maximum Gasteiger partial charge on any atom is 0.262 e. The molecule has 1 atom stereocenters. The fourth-order valence-electron chi connectivity index (χ4n) is 3.73. The predicted octanol–water partition coefficient (Wildman–Crippen LogP) is 4.63. The van der Waals surface area contributed by atoms with Crippen molar-refractivity contribution < 1.29 is 4.79 Å². The molecule has 1 unspecified atom stereocenters. The fraction of sp³-hybridized carbons (Fsp3) is 0.250. The van der Waals surface area contributed by atoms with Gasteiger partial charge in [-0.1, -0.05) is 58.4 Å². The molecule has 1 N–H and O–H groups in total. The van der Waals surface area contributed by atoms with Gasteiger partial charge in [0.05, 0.1) is 6.20 Å². The van der Waals surface area contributed by atoms with Crippen LogP contribution in [-0.4, -0.2) is 25.5 Å². The maximum absolute atomic E-state index is 12.6. The van der Waals surface area contributed by atoms with E-state index in [1.165, 1.54) is 11.8 Å². The lowest BCUT2D eigenvalue weighted by Crippen LogP contribution is -2.20. The van der Waals surface area contributed by atoms with Gasteiger partial charge >= 0.3 is 0 Å². The third-order valence-electron chi connectivity index (χ3n) is 5.35. The van der Waals surface area contributed by atoms with Crippen molar-refractivity contribution in [2.45, 2.75) is 38.6 Å². The number of aryl methyl sites for hydroxylation is 1. The summed E-state index contributed by atoms with van der Waals surface area (Å²) in [5, 5.41) is 4.77. The molecule has 4 rings (SSSR count). The maximum atomic E-state index is 12.6. The van der Waals surface area contributed by atoms with Crippen molar-refractivity contribution in [1.82, 2.24) is 19.7 Å². The number of nitrogens with one attached hydrogen (secondary N) is 1. The lowest BCUT2D eigenvalue weighted by atomic mass is 10.0. The molecule has 0 aliphatic carbocycles. The molecular formula is C24H23BrN4O2. The van der Waals surface area contributed by atoms with E-state index in [1.807, 2.05) is 42.5 Å². The summed E-state index contributed by atoms with van der Waals surface area (Å²) in [5.41, 5.74) is 2.48. The molecule has 2 heterocycles. The molecule has 31 heavy (non-hydrogen) atoms. The summed E-state index contributed by atoms with van der Waals surface area (Å²) in [6, 6.07) is 17.6. The summed E-state index contributed by atoms with van der Waals surface area (Å²) < 4.78 is 2.61. The molecule has 0 bridgehead atoms. The Labute approximate surface area is 188 Å². The third kappa shape index (κ3) is 4.99. The monoisotopic (exact) mass is 478 g/mol. The number of H-pyrrole nitrogens is 1. The van der Waals surface area contributed by atoms with Gasteiger partial charge in [-0.05, 0) is 49.4 Å². The topological polar surface area (TPSA) is 80.6 Å². The van der Waals surface area contributed by atoms with Gasteiger partial charge in [-0.25, -0.2) is 9.67 Å². The number of fused-ring (bicyclic) bond motifs is 1. The van der Waals surface area contributed by atoms with Gasteiger partial charge in [0, 0.05) is 10.9 Å². The molecule has 0 saturated carbocycles. The Balaban J connectivity index is 1.60. The smallest absolute Gasteiger partial charge is 0.262 e. The lowest BCUT2D eigenvalue weighted by Gasteiger charge is -2.15. The normalized spacial score (nSPS) is 12.2. The molecule has 158 valence electrons. The summed E-state index contributed by atoms with van der Waals surface area (Å²) in [5.74, 6) is 0.558. The molecule has 0 aliphatic rings. The number of aromatic nitrogens is 4. The first kappa shape index (κ1) is 21.2. The number of benzene rings is 2. The van der Waals surface area contributed by atoms with Crippen molar-refractivity contribution in [3.05, 3.63) is 92.6 Å². The molecule has 0 amide bonds. The molecule has 2 aromatic carbocycles. The standard InChI is InChI=1S/C24H23BrN4O2/c1-16(30)21(9-5-8-17-6-3-2-4-7-17)29-23-20(15-26-29)24(31)28-22(27-23)14-18-10-12-19(25)13-11-18/h2-4,6-7,10-13,15,21H,5,8-9,14H2,1H3,(H,27,28,31). The minimum Gasteiger partial charge on any atom is -0.310 e. The van der Waals surface area contributed by atoms with E-state index in [-0.39, 0.29) is 11.3 Å². The molecule has 0 spiro atoms. The Morgan fingerprint density at radius 3 is 2.55 bits per heavy atom. The van der Waals surface area contributed by atoms with E-state index in [0.717, 1.165) is 22.9 Å². The van der Waals surface area contributed by atoms with E-state index in [9.17, 15) is 9.59 Å². The number of nitrogens with zero attached hydrogens (tertiary/aromatic N) is 3. The van der Waals surface area contributed by atoms with Gasteiger partial charge < -0.3 is 4.98 Å². The first-order chi connectivity index (χ1) is 15.0. The Morgan fingerprint density at radius 2 is 1.84 bits per heavy atom. The highest BCUT2D eigenvalue weighted by Crippen LogP contribution is 2.21. The van der Waals surface area contributed by atoms with Gasteiger partial charge in [0.25, 0.3) is 5.56 Å². The quantitative estimate of drug-likeness (QED) is 0.400. The second kappa shape index (κ2) is 9.39. The van der Waals surface area contributed by atoms with Gasteiger partial charge in [0.15, 0.2) is 11.4 Å². The zero-order chi connectivity index (χ0) is 21.8. The van der Waals surface area contributed by atoms with Crippen LogP contribution in [0.4, 0.5) is 0 Å². The van der Waals surface area contributed by atoms with Crippen LogP contribution >= 0.6 is 15.9 Å². The van der Waals surface area contributed by atoms with Crippen molar-refractivity contribution in [1.29, 1.82) is 0 Å². The minimum atomic E-state index is -0.448. The number of hydrogen-bond donors (Lipinski definition) is 1. The van der Waals surface area contributed by atoms with Crippen molar-refractivity contribution in [3.8, 4) is 0 Å². The van der Waals surface area contributed by atoms with Crippen molar-refractivity contribution in [2.75, 3.05) is 0 Å². The lowest BCUT2D eigenvalue weighted by molar-refractivity contribution is -0.120. The van der Waals surface area contributed by atoms with Crippen LogP contribution in [0.2, 0.25) is 0 Å². The zero-order valence-corrected chi connectivity index (χ0v) is 18.8. The van der Waals surface area contributed by atoms with Crippen LogP contribution in [0.3, 0.4) is 0 Å². The number of ketones is 1. The van der Waals surface area contributed by atoms with Crippen LogP contribution in [0.25, 0.3) is 11.0 Å². The minimum absolute atomic E-state index is 0.00889. The van der Waals surface area contributed by atoms with E-state index in [1.54, 1.807) is 11.6 Å². The molecule has 4 aromatic rings. The fourth-order valence-corrected chi connectivity index (χ4v) is 4.00. The molecule has 0 aliphatic heterocycles. The highest BCUT2D eigenvalue weighted by atomic mass is 79.9. The Morgan fingerprint density at radius 1 is 1.10 bits per heavy atom. The average molecular weight is 479 g/mol. The van der Waals surface area contributed by atoms with Crippen LogP contribution in [-0.2, 0) is 17.6 Å². The SMILES string of the molecule is CC(=O)C(CCCc1ccccc1)n1ncc2c(=O)[nH]c(Cc3ccc(Br)cc3)nc21. The number of hydrogen-bond acceptors (Lipinski definition) is 4. The molecule has 6 nitrogen and oxygen atoms in total. The van der Waals surface area contributed by atoms with E-state index in [2.05, 4.69) is 43.1 Å². The summed E-state index contributed by atoms with van der Waals surface area (Å²) >= 11 is 3.43. The second-order valence-corrected chi connectivity index (χ2v) is 8.56. The van der Waals surface area contributed by atoms with Gasteiger partial charge in [-0.15, -0.1) is 0 Å². The van der Waals surface area contributed by atoms with E-state index >= 15 is 0 Å². The average Bonchev–Trinajstić information content (AvgIpc) is 3.17. The van der Waals surface area contributed by atoms with Crippen molar-refractivity contribution in [3.63, 3.8) is 0 Å². The number of rotatable bonds is 8. The molecule has 0 saturated heterocycles. The van der Waals surface area contributed by atoms with Crippen molar-refractivity contribution in [2.24, 2.45) is 0 Å². The number of halogens is 1. The van der Waals surface area contributed by atoms with Gasteiger partial charge in [0.1, 0.15) is 17.3 Å². The molecule has 0 radical (unpaired) electrons. The number of Topliss-reactive ketones (excluding diaryl/α,β-unsaturated/α-hetero) is 1. The van der Waals surface area contributed by atoms with E-state index < -0.39 is 6.04 Å². The van der Waals surface area contributed by atoms with Gasteiger partial charge in [-0.3, -0.25) is 9.59 Å². The van der Waals surface area contributed by atoms with Gasteiger partial charge in [-0.2, -0.15) is 5.10 Å². The van der Waals surface area contributed by atoms with Crippen LogP contribution < -0.4 is 5.56 Å². The summed E-state index contributed by atoms with van der Waals surface area (Å²) in [7, 11) is 0. The first-order valence-electron chi connectivity index (χ1n) is 10.3. The Kier molecular flexibility index (Phi) is 6.42. The van der Waals surface area contributed by atoms with Crippen LogP contribution in [0.1, 0.15) is 42.8 Å². The molecule has 2 aromatic heterocycles. The number of carbonyl (C=O) groups is 1. The highest BCUT2D eigenvalue weighted by Gasteiger charge is 2.21. The molecular weight excluding hydrogens is 456 g/mol. The first-order valence-corrected chi connectivity index (χ1v) is 11.1. The van der Waals surface area contributed by atoms with E-state index in [0.29, 0.717) is 29.7 Å². The third-order valence-corrected chi connectivity index (χ3v) is 5.88. The summed E-state index contributed by atoms with van der Waals surface area (Å²) in [4.78, 5) is 32.6. The second-order valence-electron chi connectivity index (χ2n) is 7.65. The van der Waals surface area contributed by atoms with Crippen LogP contribution in [0.15, 0.2) is 70.1 Å². The highest BCUT2D eigenvalue weighted by molar-refractivity contribution is 9.10. The van der Waals surface area contributed by atoms with Crippen LogP contribution in [0, 0.1) is 0 Å². The van der Waals surface area contributed by atoms with E-state index in [4.69, 9.17) is 0 Å². The van der Waals surface area contributed by atoms with Crippen LogP contribution in [0.5, 0.6) is 0 Å². The Hall–Kier alpha value is -3.06.